The maximum Gasteiger partial charge on any atom is 0.225 e. The quantitative estimate of drug-likeness (QED) is 0.873. The molecule has 1 aromatic rings. The summed E-state index contributed by atoms with van der Waals surface area (Å²) in [5.74, 6) is 0.668. The summed E-state index contributed by atoms with van der Waals surface area (Å²) in [7, 11) is 0. The lowest BCUT2D eigenvalue weighted by Gasteiger charge is -2.25. The van der Waals surface area contributed by atoms with E-state index in [-0.39, 0.29) is 23.9 Å². The topological polar surface area (TPSA) is 41.1 Å². The van der Waals surface area contributed by atoms with Gasteiger partial charge in [-0.2, -0.15) is 0 Å². The van der Waals surface area contributed by atoms with Crippen LogP contribution in [0.2, 0.25) is 0 Å². The average molecular weight is 260 g/mol. The summed E-state index contributed by atoms with van der Waals surface area (Å²) >= 11 is 0. The zero-order valence-corrected chi connectivity index (χ0v) is 12.0. The van der Waals surface area contributed by atoms with Gasteiger partial charge in [-0.3, -0.25) is 4.79 Å². The second kappa shape index (κ2) is 6.20. The van der Waals surface area contributed by atoms with E-state index in [1.54, 1.807) is 0 Å². The molecule has 3 unspecified atom stereocenters. The fourth-order valence-electron chi connectivity index (χ4n) is 2.77. The van der Waals surface area contributed by atoms with Crippen LogP contribution in [0.1, 0.15) is 38.8 Å². The molecule has 1 aliphatic rings. The summed E-state index contributed by atoms with van der Waals surface area (Å²) in [5, 5.41) is 6.56. The van der Waals surface area contributed by atoms with E-state index in [1.807, 2.05) is 18.2 Å². The number of benzene rings is 1. The second-order valence-electron chi connectivity index (χ2n) is 5.78. The largest absolute Gasteiger partial charge is 0.349 e. The zero-order chi connectivity index (χ0) is 13.8. The van der Waals surface area contributed by atoms with Gasteiger partial charge in [0.05, 0.1) is 12.0 Å². The number of amides is 1. The van der Waals surface area contributed by atoms with Gasteiger partial charge in [-0.25, -0.2) is 0 Å². The first kappa shape index (κ1) is 14.1. The molecule has 3 heteroatoms. The normalized spacial score (nSPS) is 24.4. The van der Waals surface area contributed by atoms with E-state index in [0.717, 1.165) is 13.0 Å². The van der Waals surface area contributed by atoms with Gasteiger partial charge in [0, 0.05) is 6.04 Å². The molecule has 2 N–H and O–H groups in total. The van der Waals surface area contributed by atoms with Crippen molar-refractivity contribution >= 4 is 5.91 Å². The molecule has 3 atom stereocenters. The van der Waals surface area contributed by atoms with E-state index in [9.17, 15) is 4.79 Å². The molecule has 0 spiro atoms. The number of carbonyl (C=O) groups excluding carboxylic acids is 1. The minimum Gasteiger partial charge on any atom is -0.349 e. The van der Waals surface area contributed by atoms with E-state index >= 15 is 0 Å². The fraction of sp³-hybridized carbons (Fsp3) is 0.562. The molecule has 0 bridgehead atoms. The van der Waals surface area contributed by atoms with Gasteiger partial charge in [0.2, 0.25) is 5.91 Å². The SMILES string of the molecule is CC(C)C(NC(=O)C1CCNC1C)c1ccccc1. The fourth-order valence-corrected chi connectivity index (χ4v) is 2.77. The maximum absolute atomic E-state index is 12.4. The molecule has 3 nitrogen and oxygen atoms in total. The van der Waals surface area contributed by atoms with E-state index in [2.05, 4.69) is 43.5 Å². The van der Waals surface area contributed by atoms with Gasteiger partial charge in [0.25, 0.3) is 0 Å². The van der Waals surface area contributed by atoms with E-state index in [0.29, 0.717) is 5.92 Å². The minimum atomic E-state index is 0.0986. The third kappa shape index (κ3) is 3.35. The summed E-state index contributed by atoms with van der Waals surface area (Å²) in [4.78, 5) is 12.4. The Morgan fingerprint density at radius 3 is 2.53 bits per heavy atom. The summed E-state index contributed by atoms with van der Waals surface area (Å²) in [5.41, 5.74) is 1.18. The highest BCUT2D eigenvalue weighted by Gasteiger charge is 2.31. The summed E-state index contributed by atoms with van der Waals surface area (Å²) < 4.78 is 0. The molecule has 0 aromatic heterocycles. The molecule has 19 heavy (non-hydrogen) atoms. The van der Waals surface area contributed by atoms with Gasteiger partial charge in [-0.1, -0.05) is 44.2 Å². The van der Waals surface area contributed by atoms with Gasteiger partial charge < -0.3 is 10.6 Å². The number of carbonyl (C=O) groups is 1. The first-order valence-electron chi connectivity index (χ1n) is 7.18. The first-order chi connectivity index (χ1) is 9.09. The zero-order valence-electron chi connectivity index (χ0n) is 12.0. The van der Waals surface area contributed by atoms with Gasteiger partial charge in [-0.15, -0.1) is 0 Å². The van der Waals surface area contributed by atoms with Crippen LogP contribution in [0.4, 0.5) is 0 Å². The standard InChI is InChI=1S/C16H24N2O/c1-11(2)15(13-7-5-4-6-8-13)18-16(19)14-9-10-17-12(14)3/h4-8,11-12,14-15,17H,9-10H2,1-3H3,(H,18,19). The van der Waals surface area contributed by atoms with Crippen LogP contribution in [-0.2, 0) is 4.79 Å². The van der Waals surface area contributed by atoms with Crippen LogP contribution in [0.5, 0.6) is 0 Å². The Hall–Kier alpha value is -1.35. The number of hydrogen-bond acceptors (Lipinski definition) is 2. The Kier molecular flexibility index (Phi) is 4.59. The number of nitrogens with one attached hydrogen (secondary N) is 2. The number of hydrogen-bond donors (Lipinski definition) is 2. The second-order valence-corrected chi connectivity index (χ2v) is 5.78. The Morgan fingerprint density at radius 2 is 2.00 bits per heavy atom. The van der Waals surface area contributed by atoms with E-state index < -0.39 is 0 Å². The van der Waals surface area contributed by atoms with Crippen LogP contribution in [0.3, 0.4) is 0 Å². The minimum absolute atomic E-state index is 0.0986. The third-order valence-electron chi connectivity index (χ3n) is 3.99. The van der Waals surface area contributed by atoms with Gasteiger partial charge >= 0.3 is 0 Å². The van der Waals surface area contributed by atoms with Crippen molar-refractivity contribution in [1.82, 2.24) is 10.6 Å². The first-order valence-corrected chi connectivity index (χ1v) is 7.18. The van der Waals surface area contributed by atoms with Crippen molar-refractivity contribution in [3.8, 4) is 0 Å². The predicted octanol–water partition coefficient (Wildman–Crippen LogP) is 2.50. The Morgan fingerprint density at radius 1 is 1.32 bits per heavy atom. The van der Waals surface area contributed by atoms with Crippen molar-refractivity contribution in [2.45, 2.75) is 39.3 Å². The highest BCUT2D eigenvalue weighted by Crippen LogP contribution is 2.23. The highest BCUT2D eigenvalue weighted by molar-refractivity contribution is 5.80. The van der Waals surface area contributed by atoms with Crippen LogP contribution < -0.4 is 10.6 Å². The molecular formula is C16H24N2O. The van der Waals surface area contributed by atoms with Crippen molar-refractivity contribution < 1.29 is 4.79 Å². The highest BCUT2D eigenvalue weighted by atomic mass is 16.2. The van der Waals surface area contributed by atoms with Crippen LogP contribution in [0, 0.1) is 11.8 Å². The van der Waals surface area contributed by atoms with Crippen LogP contribution in [0.25, 0.3) is 0 Å². The average Bonchev–Trinajstić information content (AvgIpc) is 2.82. The van der Waals surface area contributed by atoms with Crippen molar-refractivity contribution in [3.63, 3.8) is 0 Å². The van der Waals surface area contributed by atoms with Crippen LogP contribution in [0.15, 0.2) is 30.3 Å². The summed E-state index contributed by atoms with van der Waals surface area (Å²) in [6, 6.07) is 10.6. The molecule has 1 amide bonds. The molecule has 1 saturated heterocycles. The maximum atomic E-state index is 12.4. The smallest absolute Gasteiger partial charge is 0.225 e. The van der Waals surface area contributed by atoms with Crippen molar-refractivity contribution in [2.75, 3.05) is 6.54 Å². The molecule has 1 fully saturated rings. The molecule has 2 rings (SSSR count). The third-order valence-corrected chi connectivity index (χ3v) is 3.99. The molecular weight excluding hydrogens is 236 g/mol. The lowest BCUT2D eigenvalue weighted by molar-refractivity contribution is -0.126. The monoisotopic (exact) mass is 260 g/mol. The van der Waals surface area contributed by atoms with Crippen LogP contribution in [-0.4, -0.2) is 18.5 Å². The van der Waals surface area contributed by atoms with Crippen molar-refractivity contribution in [1.29, 1.82) is 0 Å². The molecule has 0 radical (unpaired) electrons. The molecule has 0 saturated carbocycles. The lowest BCUT2D eigenvalue weighted by Crippen LogP contribution is -2.40. The molecule has 1 aliphatic heterocycles. The Balaban J connectivity index is 2.07. The molecule has 104 valence electrons. The van der Waals surface area contributed by atoms with Gasteiger partial charge in [0.15, 0.2) is 0 Å². The van der Waals surface area contributed by atoms with Gasteiger partial charge in [-0.05, 0) is 31.4 Å². The summed E-state index contributed by atoms with van der Waals surface area (Å²) in [6.45, 7) is 7.32. The van der Waals surface area contributed by atoms with Crippen LogP contribution >= 0.6 is 0 Å². The van der Waals surface area contributed by atoms with Crippen molar-refractivity contribution in [3.05, 3.63) is 35.9 Å². The Bertz CT molecular complexity index is 416. The lowest BCUT2D eigenvalue weighted by atomic mass is 9.94. The Labute approximate surface area is 115 Å². The molecule has 0 aliphatic carbocycles. The summed E-state index contributed by atoms with van der Waals surface area (Å²) in [6.07, 6.45) is 0.937. The van der Waals surface area contributed by atoms with E-state index in [1.165, 1.54) is 5.56 Å². The number of rotatable bonds is 4. The molecule has 1 heterocycles. The van der Waals surface area contributed by atoms with E-state index in [4.69, 9.17) is 0 Å². The molecule has 1 aromatic carbocycles. The van der Waals surface area contributed by atoms with Gasteiger partial charge in [0.1, 0.15) is 0 Å². The predicted molar refractivity (Wildman–Crippen MR) is 77.7 cm³/mol. The van der Waals surface area contributed by atoms with Crippen molar-refractivity contribution in [2.24, 2.45) is 11.8 Å².